The normalized spacial score (nSPS) is 11.6. The number of ether oxygens (including phenoxy) is 1. The molecule has 0 saturated carbocycles. The molecule has 0 aliphatic heterocycles. The molecule has 2 aromatic carbocycles. The number of rotatable bonds is 4. The van der Waals surface area contributed by atoms with Crippen molar-refractivity contribution in [1.82, 2.24) is 0 Å². The molecule has 0 atom stereocenters. The van der Waals surface area contributed by atoms with Crippen molar-refractivity contribution in [3.63, 3.8) is 0 Å². The summed E-state index contributed by atoms with van der Waals surface area (Å²) in [6.45, 7) is 4.24. The molecule has 0 unspecified atom stereocenters. The molecule has 2 rings (SSSR count). The smallest absolute Gasteiger partial charge is 0.333 e. The molecule has 0 saturated heterocycles. The quantitative estimate of drug-likeness (QED) is 0.604. The van der Waals surface area contributed by atoms with Crippen LogP contribution >= 0.6 is 0 Å². The fourth-order valence-electron chi connectivity index (χ4n) is 1.92. The van der Waals surface area contributed by atoms with E-state index < -0.39 is 0 Å². The third-order valence-corrected chi connectivity index (χ3v) is 2.92. The van der Waals surface area contributed by atoms with E-state index in [2.05, 4.69) is 24.3 Å². The second-order valence-corrected chi connectivity index (χ2v) is 4.57. The Morgan fingerprint density at radius 3 is 2.63 bits per heavy atom. The van der Waals surface area contributed by atoms with Crippen LogP contribution in [0.1, 0.15) is 25.8 Å². The van der Waals surface area contributed by atoms with Crippen molar-refractivity contribution in [1.29, 1.82) is 0 Å². The average Bonchev–Trinajstić information content (AvgIpc) is 2.44. The van der Waals surface area contributed by atoms with Gasteiger partial charge in [-0.25, -0.2) is 4.79 Å². The molecule has 0 aromatic heterocycles. The summed E-state index contributed by atoms with van der Waals surface area (Å²) in [5.41, 5.74) is 1.65. The number of fused-ring (bicyclic) bond motifs is 1. The summed E-state index contributed by atoms with van der Waals surface area (Å²) in [5, 5.41) is 2.37. The van der Waals surface area contributed by atoms with E-state index >= 15 is 0 Å². The van der Waals surface area contributed by atoms with Gasteiger partial charge in [-0.2, -0.15) is 0 Å². The lowest BCUT2D eigenvalue weighted by Crippen LogP contribution is -2.06. The Labute approximate surface area is 113 Å². The van der Waals surface area contributed by atoms with E-state index in [4.69, 9.17) is 4.74 Å². The monoisotopic (exact) mass is 254 g/mol. The lowest BCUT2D eigenvalue weighted by molar-refractivity contribution is -0.138. The van der Waals surface area contributed by atoms with E-state index in [1.54, 1.807) is 6.92 Å². The van der Waals surface area contributed by atoms with Gasteiger partial charge in [0.1, 0.15) is 0 Å². The van der Waals surface area contributed by atoms with Crippen LogP contribution in [0.25, 0.3) is 16.8 Å². The zero-order valence-corrected chi connectivity index (χ0v) is 11.3. The largest absolute Gasteiger partial charge is 0.462 e. The zero-order chi connectivity index (χ0) is 13.7. The summed E-state index contributed by atoms with van der Waals surface area (Å²) in [6, 6.07) is 14.3. The summed E-state index contributed by atoms with van der Waals surface area (Å²) in [6.07, 6.45) is 2.71. The lowest BCUT2D eigenvalue weighted by atomic mass is 10.1. The molecule has 0 N–H and O–H groups in total. The van der Waals surface area contributed by atoms with Gasteiger partial charge < -0.3 is 4.74 Å². The van der Waals surface area contributed by atoms with E-state index in [9.17, 15) is 4.79 Å². The summed E-state index contributed by atoms with van der Waals surface area (Å²) >= 11 is 0. The molecule has 0 amide bonds. The van der Waals surface area contributed by atoms with Crippen LogP contribution in [0.4, 0.5) is 0 Å². The maximum atomic E-state index is 11.7. The minimum absolute atomic E-state index is 0.241. The van der Waals surface area contributed by atoms with Crippen molar-refractivity contribution in [3.8, 4) is 0 Å². The molecule has 19 heavy (non-hydrogen) atoms. The minimum Gasteiger partial charge on any atom is -0.462 e. The Morgan fingerprint density at radius 2 is 1.89 bits per heavy atom. The molecule has 0 aliphatic carbocycles. The van der Waals surface area contributed by atoms with E-state index in [0.717, 1.165) is 12.0 Å². The highest BCUT2D eigenvalue weighted by Gasteiger charge is 2.05. The number of esters is 1. The highest BCUT2D eigenvalue weighted by molar-refractivity contribution is 5.94. The van der Waals surface area contributed by atoms with Crippen LogP contribution in [0, 0.1) is 0 Å². The first kappa shape index (κ1) is 13.3. The maximum absolute atomic E-state index is 11.7. The second-order valence-electron chi connectivity index (χ2n) is 4.57. The van der Waals surface area contributed by atoms with Crippen molar-refractivity contribution in [2.75, 3.05) is 6.61 Å². The van der Waals surface area contributed by atoms with Crippen LogP contribution < -0.4 is 0 Å². The van der Waals surface area contributed by atoms with E-state index in [0.29, 0.717) is 12.2 Å². The number of carbonyl (C=O) groups is 1. The molecule has 2 aromatic rings. The summed E-state index contributed by atoms with van der Waals surface area (Å²) in [4.78, 5) is 11.7. The molecule has 0 spiro atoms. The number of carbonyl (C=O) groups excluding carboxylic acids is 1. The Bertz CT molecular complexity index is 611. The van der Waals surface area contributed by atoms with Gasteiger partial charge in [0.2, 0.25) is 0 Å². The lowest BCUT2D eigenvalue weighted by Gasteiger charge is -2.04. The third kappa shape index (κ3) is 3.44. The van der Waals surface area contributed by atoms with Crippen LogP contribution in [-0.4, -0.2) is 12.6 Å². The molecule has 2 heteroatoms. The Balaban J connectivity index is 2.22. The van der Waals surface area contributed by atoms with Gasteiger partial charge in [0, 0.05) is 5.57 Å². The van der Waals surface area contributed by atoms with Crippen molar-refractivity contribution >= 4 is 22.8 Å². The minimum atomic E-state index is -0.241. The van der Waals surface area contributed by atoms with Crippen LogP contribution in [-0.2, 0) is 9.53 Å². The van der Waals surface area contributed by atoms with Crippen LogP contribution in [0.3, 0.4) is 0 Å². The SMILES string of the molecule is CCCOC(=O)C(C)=Cc1ccc2ccccc2c1. The number of hydrogen-bond acceptors (Lipinski definition) is 2. The predicted octanol–water partition coefficient (Wildman–Crippen LogP) is 4.20. The first-order chi connectivity index (χ1) is 9.20. The fourth-order valence-corrected chi connectivity index (χ4v) is 1.92. The number of hydrogen-bond donors (Lipinski definition) is 0. The van der Waals surface area contributed by atoms with Gasteiger partial charge >= 0.3 is 5.97 Å². The molecule has 98 valence electrons. The van der Waals surface area contributed by atoms with Gasteiger partial charge in [-0.1, -0.05) is 43.3 Å². The summed E-state index contributed by atoms with van der Waals surface area (Å²) < 4.78 is 5.11. The van der Waals surface area contributed by atoms with Gasteiger partial charge in [-0.05, 0) is 41.8 Å². The Hall–Kier alpha value is -2.09. The maximum Gasteiger partial charge on any atom is 0.333 e. The van der Waals surface area contributed by atoms with Crippen molar-refractivity contribution in [3.05, 3.63) is 53.6 Å². The molecule has 0 radical (unpaired) electrons. The molecule has 0 heterocycles. The third-order valence-electron chi connectivity index (χ3n) is 2.92. The number of benzene rings is 2. The molecule has 0 fully saturated rings. The van der Waals surface area contributed by atoms with E-state index in [-0.39, 0.29) is 5.97 Å². The Morgan fingerprint density at radius 1 is 1.16 bits per heavy atom. The van der Waals surface area contributed by atoms with Gasteiger partial charge in [0.05, 0.1) is 6.61 Å². The van der Waals surface area contributed by atoms with E-state index in [1.807, 2.05) is 31.2 Å². The van der Waals surface area contributed by atoms with Crippen molar-refractivity contribution in [2.45, 2.75) is 20.3 Å². The molecule has 2 nitrogen and oxygen atoms in total. The van der Waals surface area contributed by atoms with Crippen molar-refractivity contribution in [2.24, 2.45) is 0 Å². The summed E-state index contributed by atoms with van der Waals surface area (Å²) in [5.74, 6) is -0.241. The van der Waals surface area contributed by atoms with Gasteiger partial charge in [-0.3, -0.25) is 0 Å². The predicted molar refractivity (Wildman–Crippen MR) is 78.8 cm³/mol. The Kier molecular flexibility index (Phi) is 4.35. The van der Waals surface area contributed by atoms with Gasteiger partial charge in [-0.15, -0.1) is 0 Å². The molecular weight excluding hydrogens is 236 g/mol. The zero-order valence-electron chi connectivity index (χ0n) is 11.3. The first-order valence-electron chi connectivity index (χ1n) is 6.55. The average molecular weight is 254 g/mol. The van der Waals surface area contributed by atoms with Crippen molar-refractivity contribution < 1.29 is 9.53 Å². The van der Waals surface area contributed by atoms with Crippen LogP contribution in [0.2, 0.25) is 0 Å². The van der Waals surface area contributed by atoms with E-state index in [1.165, 1.54) is 10.8 Å². The van der Waals surface area contributed by atoms with Gasteiger partial charge in [0.25, 0.3) is 0 Å². The molecule has 0 bridgehead atoms. The molecular formula is C17H18O2. The summed E-state index contributed by atoms with van der Waals surface area (Å²) in [7, 11) is 0. The fraction of sp³-hybridized carbons (Fsp3) is 0.235. The topological polar surface area (TPSA) is 26.3 Å². The van der Waals surface area contributed by atoms with Crippen LogP contribution in [0.5, 0.6) is 0 Å². The molecule has 0 aliphatic rings. The standard InChI is InChI=1S/C17H18O2/c1-3-10-19-17(18)13(2)11-14-8-9-15-6-4-5-7-16(15)12-14/h4-9,11-12H,3,10H2,1-2H3. The highest BCUT2D eigenvalue weighted by Crippen LogP contribution is 2.17. The van der Waals surface area contributed by atoms with Gasteiger partial charge in [0.15, 0.2) is 0 Å². The first-order valence-corrected chi connectivity index (χ1v) is 6.55. The van der Waals surface area contributed by atoms with Crippen LogP contribution in [0.15, 0.2) is 48.0 Å². The second kappa shape index (κ2) is 6.19. The highest BCUT2D eigenvalue weighted by atomic mass is 16.5.